The molecule has 0 heterocycles. The maximum atomic E-state index is 11.4. The number of halogens is 2. The number of benzene rings is 1. The van der Waals surface area contributed by atoms with Crippen molar-refractivity contribution >= 4 is 53.3 Å². The molecule has 7 heteroatoms. The first kappa shape index (κ1) is 12.8. The Kier molecular flexibility index (Phi) is 4.02. The van der Waals surface area contributed by atoms with Crippen molar-refractivity contribution < 1.29 is 8.42 Å². The molecule has 4 nitrogen and oxygen atoms in total. The molecule has 0 fully saturated rings. The number of anilines is 2. The molecule has 0 spiro atoms. The molecule has 0 bridgehead atoms. The Balaban J connectivity index is 3.17. The molecular formula is C8H10Br2N2O2S. The molecule has 0 atom stereocenters. The van der Waals surface area contributed by atoms with Gasteiger partial charge in [0.25, 0.3) is 0 Å². The van der Waals surface area contributed by atoms with Crippen LogP contribution in [0.4, 0.5) is 11.4 Å². The van der Waals surface area contributed by atoms with Gasteiger partial charge in [-0.2, -0.15) is 0 Å². The Morgan fingerprint density at radius 3 is 2.20 bits per heavy atom. The highest BCUT2D eigenvalue weighted by molar-refractivity contribution is 9.11. The number of sulfonamides is 1. The lowest BCUT2D eigenvalue weighted by Gasteiger charge is -2.11. The van der Waals surface area contributed by atoms with Gasteiger partial charge in [0, 0.05) is 14.6 Å². The van der Waals surface area contributed by atoms with Gasteiger partial charge in [-0.25, -0.2) is 8.42 Å². The zero-order valence-corrected chi connectivity index (χ0v) is 11.9. The van der Waals surface area contributed by atoms with Gasteiger partial charge in [0.1, 0.15) is 0 Å². The average molecular weight is 358 g/mol. The van der Waals surface area contributed by atoms with Crippen LogP contribution in [0, 0.1) is 0 Å². The molecule has 0 saturated carbocycles. The van der Waals surface area contributed by atoms with Gasteiger partial charge in [0.05, 0.1) is 11.4 Å². The second kappa shape index (κ2) is 4.71. The molecule has 0 aliphatic heterocycles. The molecule has 0 unspecified atom stereocenters. The first-order valence-corrected chi connectivity index (χ1v) is 7.34. The molecular weight excluding hydrogens is 348 g/mol. The summed E-state index contributed by atoms with van der Waals surface area (Å²) in [6.45, 7) is 1.57. The average Bonchev–Trinajstić information content (AvgIpc) is 2.11. The van der Waals surface area contributed by atoms with E-state index in [0.29, 0.717) is 20.3 Å². The normalized spacial score (nSPS) is 11.4. The molecule has 84 valence electrons. The van der Waals surface area contributed by atoms with E-state index in [1.807, 2.05) is 0 Å². The van der Waals surface area contributed by atoms with Crippen molar-refractivity contribution in [3.63, 3.8) is 0 Å². The van der Waals surface area contributed by atoms with E-state index >= 15 is 0 Å². The minimum Gasteiger partial charge on any atom is -0.399 e. The molecule has 1 aromatic carbocycles. The third kappa shape index (κ3) is 3.35. The highest BCUT2D eigenvalue weighted by Gasteiger charge is 2.13. The Morgan fingerprint density at radius 2 is 1.80 bits per heavy atom. The predicted molar refractivity (Wildman–Crippen MR) is 69.3 cm³/mol. The Morgan fingerprint density at radius 1 is 1.33 bits per heavy atom. The summed E-state index contributed by atoms with van der Waals surface area (Å²) in [5.41, 5.74) is 6.60. The minimum atomic E-state index is -3.28. The topological polar surface area (TPSA) is 72.2 Å². The summed E-state index contributed by atoms with van der Waals surface area (Å²) < 4.78 is 26.4. The largest absolute Gasteiger partial charge is 0.399 e. The van der Waals surface area contributed by atoms with E-state index in [1.165, 1.54) is 0 Å². The third-order valence-electron chi connectivity index (χ3n) is 1.70. The summed E-state index contributed by atoms with van der Waals surface area (Å²) in [5.74, 6) is 0.0241. The maximum absolute atomic E-state index is 11.4. The van der Waals surface area contributed by atoms with Crippen LogP contribution in [-0.2, 0) is 10.0 Å². The van der Waals surface area contributed by atoms with Crippen LogP contribution in [0.5, 0.6) is 0 Å². The van der Waals surface area contributed by atoms with Crippen molar-refractivity contribution in [2.24, 2.45) is 0 Å². The Bertz CT molecular complexity index is 451. The molecule has 0 aliphatic rings. The summed E-state index contributed by atoms with van der Waals surface area (Å²) >= 11 is 6.49. The Hall–Kier alpha value is -0.270. The van der Waals surface area contributed by atoms with Crippen LogP contribution in [0.25, 0.3) is 0 Å². The van der Waals surface area contributed by atoms with E-state index in [4.69, 9.17) is 5.73 Å². The number of nitrogens with two attached hydrogens (primary N) is 1. The van der Waals surface area contributed by atoms with E-state index in [0.717, 1.165) is 0 Å². The Labute approximate surface area is 106 Å². The van der Waals surface area contributed by atoms with Crippen LogP contribution in [-0.4, -0.2) is 14.2 Å². The van der Waals surface area contributed by atoms with E-state index in [1.54, 1.807) is 19.1 Å². The van der Waals surface area contributed by atoms with Gasteiger partial charge in [-0.15, -0.1) is 0 Å². The summed E-state index contributed by atoms with van der Waals surface area (Å²) in [7, 11) is -3.28. The van der Waals surface area contributed by atoms with Crippen molar-refractivity contribution in [2.45, 2.75) is 6.92 Å². The SMILES string of the molecule is CCS(=O)(=O)Nc1c(Br)cc(N)cc1Br. The minimum absolute atomic E-state index is 0.0241. The molecule has 0 aromatic heterocycles. The van der Waals surface area contributed by atoms with Crippen LogP contribution in [0.3, 0.4) is 0 Å². The van der Waals surface area contributed by atoms with Crippen LogP contribution in [0.2, 0.25) is 0 Å². The number of hydrogen-bond acceptors (Lipinski definition) is 3. The smallest absolute Gasteiger partial charge is 0.232 e. The molecule has 1 rings (SSSR count). The summed E-state index contributed by atoms with van der Waals surface area (Å²) in [5, 5.41) is 0. The van der Waals surface area contributed by atoms with Gasteiger partial charge in [-0.05, 0) is 50.9 Å². The van der Waals surface area contributed by atoms with E-state index < -0.39 is 10.0 Å². The molecule has 1 aromatic rings. The first-order chi connectivity index (χ1) is 6.85. The molecule has 15 heavy (non-hydrogen) atoms. The van der Waals surface area contributed by atoms with Gasteiger partial charge >= 0.3 is 0 Å². The zero-order chi connectivity index (χ0) is 11.6. The van der Waals surface area contributed by atoms with Crippen molar-refractivity contribution in [1.82, 2.24) is 0 Å². The fourth-order valence-corrected chi connectivity index (χ4v) is 3.28. The van der Waals surface area contributed by atoms with E-state index in [2.05, 4.69) is 36.6 Å². The molecule has 0 radical (unpaired) electrons. The highest BCUT2D eigenvalue weighted by Crippen LogP contribution is 2.33. The lowest BCUT2D eigenvalue weighted by atomic mass is 10.3. The van der Waals surface area contributed by atoms with Gasteiger partial charge in [-0.3, -0.25) is 4.72 Å². The van der Waals surface area contributed by atoms with Crippen molar-refractivity contribution in [2.75, 3.05) is 16.2 Å². The third-order valence-corrected chi connectivity index (χ3v) is 4.23. The van der Waals surface area contributed by atoms with Gasteiger partial charge in [0.15, 0.2) is 0 Å². The van der Waals surface area contributed by atoms with Crippen molar-refractivity contribution in [1.29, 1.82) is 0 Å². The summed E-state index contributed by atoms with van der Waals surface area (Å²) in [6, 6.07) is 3.27. The van der Waals surface area contributed by atoms with Crippen LogP contribution >= 0.6 is 31.9 Å². The van der Waals surface area contributed by atoms with Gasteiger partial charge < -0.3 is 5.73 Å². The van der Waals surface area contributed by atoms with E-state index in [-0.39, 0.29) is 5.75 Å². The first-order valence-electron chi connectivity index (χ1n) is 4.10. The number of rotatable bonds is 3. The molecule has 0 aliphatic carbocycles. The second-order valence-corrected chi connectivity index (χ2v) is 6.58. The monoisotopic (exact) mass is 356 g/mol. The maximum Gasteiger partial charge on any atom is 0.232 e. The lowest BCUT2D eigenvalue weighted by molar-refractivity contribution is 0.602. The van der Waals surface area contributed by atoms with Crippen LogP contribution in [0.1, 0.15) is 6.92 Å². The van der Waals surface area contributed by atoms with Gasteiger partial charge in [0.2, 0.25) is 10.0 Å². The molecule has 0 amide bonds. The quantitative estimate of drug-likeness (QED) is 0.816. The zero-order valence-electron chi connectivity index (χ0n) is 7.92. The fraction of sp³-hybridized carbons (Fsp3) is 0.250. The predicted octanol–water partition coefficient (Wildman–Crippen LogP) is 2.56. The summed E-state index contributed by atoms with van der Waals surface area (Å²) in [6.07, 6.45) is 0. The lowest BCUT2D eigenvalue weighted by Crippen LogP contribution is -2.15. The highest BCUT2D eigenvalue weighted by atomic mass is 79.9. The van der Waals surface area contributed by atoms with Crippen molar-refractivity contribution in [3.05, 3.63) is 21.1 Å². The van der Waals surface area contributed by atoms with E-state index in [9.17, 15) is 8.42 Å². The van der Waals surface area contributed by atoms with Crippen LogP contribution < -0.4 is 10.5 Å². The fourth-order valence-electron chi connectivity index (χ4n) is 0.918. The number of nitrogen functional groups attached to an aromatic ring is 1. The van der Waals surface area contributed by atoms with Crippen molar-refractivity contribution in [3.8, 4) is 0 Å². The summed E-state index contributed by atoms with van der Waals surface area (Å²) in [4.78, 5) is 0. The molecule has 0 saturated heterocycles. The van der Waals surface area contributed by atoms with Gasteiger partial charge in [-0.1, -0.05) is 0 Å². The standard InChI is InChI=1S/C8H10Br2N2O2S/c1-2-15(13,14)12-8-6(9)3-5(11)4-7(8)10/h3-4,12H,2,11H2,1H3. The number of nitrogens with one attached hydrogen (secondary N) is 1. The second-order valence-electron chi connectivity index (χ2n) is 2.87. The molecule has 3 N–H and O–H groups in total. The number of hydrogen-bond donors (Lipinski definition) is 2. The van der Waals surface area contributed by atoms with Crippen LogP contribution in [0.15, 0.2) is 21.1 Å².